The third kappa shape index (κ3) is 3.33. The van der Waals surface area contributed by atoms with Crippen LogP contribution < -0.4 is 0 Å². The lowest BCUT2D eigenvalue weighted by molar-refractivity contribution is -0.127. The van der Waals surface area contributed by atoms with E-state index in [0.29, 0.717) is 12.1 Å². The quantitative estimate of drug-likeness (QED) is 0.866. The lowest BCUT2D eigenvalue weighted by Crippen LogP contribution is -2.36. The second-order valence-electron chi connectivity index (χ2n) is 4.52. The molecule has 0 radical (unpaired) electrons. The molecule has 1 aliphatic rings. The van der Waals surface area contributed by atoms with Gasteiger partial charge in [0, 0.05) is 12.6 Å². The van der Waals surface area contributed by atoms with Gasteiger partial charge < -0.3 is 10.0 Å². The summed E-state index contributed by atoms with van der Waals surface area (Å²) in [6.07, 6.45) is 4.77. The van der Waals surface area contributed by atoms with Crippen LogP contribution in [0.15, 0.2) is 24.3 Å². The number of halogens is 2. The molecule has 3 nitrogen and oxygen atoms in total. The number of nitrogens with zero attached hydrogens (tertiary/aromatic N) is 1. The minimum Gasteiger partial charge on any atom is -0.394 e. The van der Waals surface area contributed by atoms with Crippen molar-refractivity contribution in [1.29, 1.82) is 0 Å². The van der Waals surface area contributed by atoms with Crippen LogP contribution in [0.2, 0.25) is 5.02 Å². The number of hydrogen-bond donors (Lipinski definition) is 1. The third-order valence-corrected chi connectivity index (χ3v) is 3.52. The highest BCUT2D eigenvalue weighted by atomic mass is 35.5. The highest BCUT2D eigenvalue weighted by Gasteiger charge is 2.26. The Balaban J connectivity index is 2.05. The summed E-state index contributed by atoms with van der Waals surface area (Å²) >= 11 is 5.66. The molecule has 1 fully saturated rings. The van der Waals surface area contributed by atoms with Crippen molar-refractivity contribution in [3.8, 4) is 0 Å². The summed E-state index contributed by atoms with van der Waals surface area (Å²) in [6, 6.07) is 4.19. The SMILES string of the molecule is O=C(C=Cc1ccc(F)c(Cl)c1)N1CCCC1CO. The van der Waals surface area contributed by atoms with Crippen molar-refractivity contribution in [3.05, 3.63) is 40.7 Å². The summed E-state index contributed by atoms with van der Waals surface area (Å²) in [5, 5.41) is 9.19. The minimum absolute atomic E-state index is 0.0119. The van der Waals surface area contributed by atoms with Crippen molar-refractivity contribution >= 4 is 23.6 Å². The first-order valence-corrected chi connectivity index (χ1v) is 6.54. The van der Waals surface area contributed by atoms with E-state index in [1.807, 2.05) is 0 Å². The Hall–Kier alpha value is -1.39. The Morgan fingerprint density at radius 1 is 1.58 bits per heavy atom. The van der Waals surface area contributed by atoms with Crippen molar-refractivity contribution in [2.45, 2.75) is 18.9 Å². The standard InChI is InChI=1S/C14H15ClFNO2/c15-12-8-10(3-5-13(12)16)4-6-14(19)17-7-1-2-11(17)9-18/h3-6,8,11,18H,1-2,7,9H2. The second kappa shape index (κ2) is 6.17. The van der Waals surface area contributed by atoms with Gasteiger partial charge in [-0.15, -0.1) is 0 Å². The molecule has 0 saturated carbocycles. The normalized spacial score (nSPS) is 19.3. The van der Waals surface area contributed by atoms with E-state index in [9.17, 15) is 9.18 Å². The molecule has 1 aliphatic heterocycles. The van der Waals surface area contributed by atoms with E-state index in [1.165, 1.54) is 18.2 Å². The molecule has 0 bridgehead atoms. The first-order chi connectivity index (χ1) is 9.11. The highest BCUT2D eigenvalue weighted by Crippen LogP contribution is 2.19. The summed E-state index contributed by atoms with van der Waals surface area (Å²) in [6.45, 7) is 0.653. The van der Waals surface area contributed by atoms with Crippen molar-refractivity contribution in [3.63, 3.8) is 0 Å². The molecule has 1 amide bonds. The average Bonchev–Trinajstić information content (AvgIpc) is 2.88. The Morgan fingerprint density at radius 2 is 2.37 bits per heavy atom. The Bertz CT molecular complexity index is 504. The summed E-state index contributed by atoms with van der Waals surface area (Å²) in [5.41, 5.74) is 0.666. The van der Waals surface area contributed by atoms with Crippen molar-refractivity contribution in [1.82, 2.24) is 4.90 Å². The van der Waals surface area contributed by atoms with Crippen LogP contribution in [0.1, 0.15) is 18.4 Å². The molecule has 1 N–H and O–H groups in total. The smallest absolute Gasteiger partial charge is 0.246 e. The van der Waals surface area contributed by atoms with Crippen LogP contribution >= 0.6 is 11.6 Å². The van der Waals surface area contributed by atoms with Gasteiger partial charge in [-0.25, -0.2) is 4.39 Å². The first kappa shape index (κ1) is 14.0. The zero-order valence-electron chi connectivity index (χ0n) is 10.4. The van der Waals surface area contributed by atoms with Gasteiger partial charge in [-0.1, -0.05) is 17.7 Å². The van der Waals surface area contributed by atoms with E-state index < -0.39 is 5.82 Å². The van der Waals surface area contributed by atoms with Crippen LogP contribution in [0.4, 0.5) is 4.39 Å². The van der Waals surface area contributed by atoms with Crippen LogP contribution in [0, 0.1) is 5.82 Å². The van der Waals surface area contributed by atoms with Crippen molar-refractivity contribution in [2.75, 3.05) is 13.2 Å². The lowest BCUT2D eigenvalue weighted by atomic mass is 10.2. The fraction of sp³-hybridized carbons (Fsp3) is 0.357. The first-order valence-electron chi connectivity index (χ1n) is 6.16. The molecule has 1 heterocycles. The average molecular weight is 284 g/mol. The van der Waals surface area contributed by atoms with Gasteiger partial charge in [-0.3, -0.25) is 4.79 Å². The fourth-order valence-electron chi connectivity index (χ4n) is 2.19. The number of benzene rings is 1. The molecule has 1 unspecified atom stereocenters. The fourth-order valence-corrected chi connectivity index (χ4v) is 2.38. The largest absolute Gasteiger partial charge is 0.394 e. The van der Waals surface area contributed by atoms with Gasteiger partial charge >= 0.3 is 0 Å². The maximum absolute atomic E-state index is 13.0. The van der Waals surface area contributed by atoms with E-state index in [-0.39, 0.29) is 23.6 Å². The Morgan fingerprint density at radius 3 is 3.05 bits per heavy atom. The number of carbonyl (C=O) groups is 1. The number of amides is 1. The molecule has 5 heteroatoms. The predicted molar refractivity (Wildman–Crippen MR) is 72.3 cm³/mol. The van der Waals surface area contributed by atoms with Crippen LogP contribution in [-0.2, 0) is 4.79 Å². The zero-order valence-corrected chi connectivity index (χ0v) is 11.1. The number of hydrogen-bond acceptors (Lipinski definition) is 2. The Kier molecular flexibility index (Phi) is 4.56. The van der Waals surface area contributed by atoms with Crippen LogP contribution in [0.25, 0.3) is 6.08 Å². The number of rotatable bonds is 3. The number of aliphatic hydroxyl groups is 1. The summed E-state index contributed by atoms with van der Waals surface area (Å²) in [4.78, 5) is 13.6. The summed E-state index contributed by atoms with van der Waals surface area (Å²) in [7, 11) is 0. The van der Waals surface area contributed by atoms with Crippen LogP contribution in [0.3, 0.4) is 0 Å². The van der Waals surface area contributed by atoms with Crippen LogP contribution in [0.5, 0.6) is 0 Å². The molecule has 102 valence electrons. The molecular formula is C14H15ClFNO2. The molecule has 0 spiro atoms. The van der Waals surface area contributed by atoms with E-state index in [0.717, 1.165) is 12.8 Å². The summed E-state index contributed by atoms with van der Waals surface area (Å²) in [5.74, 6) is -0.623. The summed E-state index contributed by atoms with van der Waals surface area (Å²) < 4.78 is 13.0. The van der Waals surface area contributed by atoms with Gasteiger partial charge in [-0.05, 0) is 36.6 Å². The second-order valence-corrected chi connectivity index (χ2v) is 4.92. The van der Waals surface area contributed by atoms with Gasteiger partial charge in [0.2, 0.25) is 5.91 Å². The maximum Gasteiger partial charge on any atom is 0.246 e. The minimum atomic E-state index is -0.481. The number of likely N-dealkylation sites (tertiary alicyclic amines) is 1. The number of aliphatic hydroxyl groups excluding tert-OH is 1. The molecule has 1 saturated heterocycles. The molecule has 19 heavy (non-hydrogen) atoms. The van der Waals surface area contributed by atoms with Gasteiger partial charge in [0.1, 0.15) is 5.82 Å². The molecule has 1 aromatic rings. The molecule has 1 atom stereocenters. The number of carbonyl (C=O) groups excluding carboxylic acids is 1. The Labute approximate surface area is 116 Å². The lowest BCUT2D eigenvalue weighted by Gasteiger charge is -2.21. The van der Waals surface area contributed by atoms with E-state index in [1.54, 1.807) is 17.0 Å². The molecule has 1 aromatic carbocycles. The zero-order chi connectivity index (χ0) is 13.8. The molecule has 2 rings (SSSR count). The maximum atomic E-state index is 13.0. The predicted octanol–water partition coefficient (Wildman–Crippen LogP) is 2.48. The van der Waals surface area contributed by atoms with E-state index in [2.05, 4.69) is 0 Å². The van der Waals surface area contributed by atoms with Crippen LogP contribution in [-0.4, -0.2) is 35.1 Å². The topological polar surface area (TPSA) is 40.5 Å². The van der Waals surface area contributed by atoms with E-state index in [4.69, 9.17) is 16.7 Å². The molecule has 0 aliphatic carbocycles. The van der Waals surface area contributed by atoms with Gasteiger partial charge in [0.25, 0.3) is 0 Å². The van der Waals surface area contributed by atoms with Gasteiger partial charge in [0.15, 0.2) is 0 Å². The molecule has 0 aromatic heterocycles. The highest BCUT2D eigenvalue weighted by molar-refractivity contribution is 6.30. The van der Waals surface area contributed by atoms with Gasteiger partial charge in [-0.2, -0.15) is 0 Å². The van der Waals surface area contributed by atoms with Crippen molar-refractivity contribution < 1.29 is 14.3 Å². The molecular weight excluding hydrogens is 269 g/mol. The third-order valence-electron chi connectivity index (χ3n) is 3.23. The van der Waals surface area contributed by atoms with Crippen molar-refractivity contribution in [2.24, 2.45) is 0 Å². The van der Waals surface area contributed by atoms with E-state index >= 15 is 0 Å². The monoisotopic (exact) mass is 283 g/mol. The van der Waals surface area contributed by atoms with Gasteiger partial charge in [0.05, 0.1) is 17.7 Å².